The van der Waals surface area contributed by atoms with Crippen LogP contribution in [-0.4, -0.2) is 40.5 Å². The number of carbonyl (C=O) groups is 1. The van der Waals surface area contributed by atoms with Gasteiger partial charge in [0.15, 0.2) is 11.5 Å². The van der Waals surface area contributed by atoms with Crippen LogP contribution in [0.4, 0.5) is 11.4 Å². The number of ether oxygens (including phenoxy) is 1. The van der Waals surface area contributed by atoms with Gasteiger partial charge in [0.1, 0.15) is 6.17 Å². The van der Waals surface area contributed by atoms with Crippen molar-refractivity contribution in [2.75, 3.05) is 18.6 Å². The zero-order valence-electron chi connectivity index (χ0n) is 14.7. The number of phenolic OH excluding ortho intramolecular Hbond substituents is 1. The number of rotatable bonds is 4. The van der Waals surface area contributed by atoms with Gasteiger partial charge in [-0.25, -0.2) is 0 Å². The molecular weight excluding hydrogens is 350 g/mol. The molecule has 0 radical (unpaired) electrons. The Morgan fingerprint density at radius 3 is 2.63 bits per heavy atom. The molecule has 2 saturated heterocycles. The highest BCUT2D eigenvalue weighted by atomic mass is 16.6. The normalized spacial score (nSPS) is 22.1. The van der Waals surface area contributed by atoms with E-state index >= 15 is 0 Å². The number of amides is 1. The number of fused-ring (bicyclic) bond motifs is 1. The van der Waals surface area contributed by atoms with Gasteiger partial charge in [0.25, 0.3) is 5.69 Å². The number of carbonyl (C=O) groups excluding carboxylic acids is 1. The van der Waals surface area contributed by atoms with Crippen molar-refractivity contribution in [2.24, 2.45) is 0 Å². The molecule has 140 valence electrons. The average Bonchev–Trinajstić information content (AvgIpc) is 3.24. The Morgan fingerprint density at radius 1 is 1.22 bits per heavy atom. The first-order valence-electron chi connectivity index (χ1n) is 8.71. The van der Waals surface area contributed by atoms with Crippen LogP contribution < -0.4 is 9.64 Å². The Kier molecular flexibility index (Phi) is 4.19. The van der Waals surface area contributed by atoms with E-state index in [4.69, 9.17) is 4.74 Å². The van der Waals surface area contributed by atoms with Gasteiger partial charge in [-0.05, 0) is 42.7 Å². The lowest BCUT2D eigenvalue weighted by atomic mass is 10.1. The molecule has 0 aromatic heterocycles. The smallest absolute Gasteiger partial charge is 0.269 e. The molecule has 0 spiro atoms. The summed E-state index contributed by atoms with van der Waals surface area (Å²) in [6.45, 7) is 0.785. The van der Waals surface area contributed by atoms with E-state index < -0.39 is 4.92 Å². The summed E-state index contributed by atoms with van der Waals surface area (Å²) < 4.78 is 5.22. The monoisotopic (exact) mass is 369 g/mol. The maximum absolute atomic E-state index is 13.1. The summed E-state index contributed by atoms with van der Waals surface area (Å²) in [5.74, 6) is 0.357. The number of benzene rings is 2. The van der Waals surface area contributed by atoms with E-state index in [-0.39, 0.29) is 29.6 Å². The van der Waals surface area contributed by atoms with E-state index in [1.54, 1.807) is 35.2 Å². The molecule has 2 fully saturated rings. The first kappa shape index (κ1) is 17.3. The highest BCUT2D eigenvalue weighted by Gasteiger charge is 2.49. The van der Waals surface area contributed by atoms with E-state index in [9.17, 15) is 20.0 Å². The molecule has 0 aliphatic carbocycles. The molecule has 8 heteroatoms. The van der Waals surface area contributed by atoms with Gasteiger partial charge in [-0.3, -0.25) is 24.7 Å². The molecule has 1 N–H and O–H groups in total. The number of hydrogen-bond donors (Lipinski definition) is 1. The molecule has 2 aromatic carbocycles. The van der Waals surface area contributed by atoms with Crippen LogP contribution in [0, 0.1) is 10.1 Å². The molecule has 27 heavy (non-hydrogen) atoms. The SMILES string of the molecule is COc1cc([C@H]2N(c3ccc([N+](=O)[O-])cc3)C(=O)[C@@H]3CCCN32)ccc1O. The number of nitro groups is 1. The molecule has 2 aliphatic heterocycles. The first-order chi connectivity index (χ1) is 13.0. The van der Waals surface area contributed by atoms with Crippen molar-refractivity contribution in [1.82, 2.24) is 4.90 Å². The maximum atomic E-state index is 13.1. The number of anilines is 1. The van der Waals surface area contributed by atoms with Gasteiger partial charge in [-0.2, -0.15) is 0 Å². The van der Waals surface area contributed by atoms with Crippen LogP contribution in [-0.2, 0) is 4.79 Å². The van der Waals surface area contributed by atoms with Gasteiger partial charge in [0.05, 0.1) is 18.1 Å². The van der Waals surface area contributed by atoms with Crippen LogP contribution in [0.2, 0.25) is 0 Å². The molecule has 0 bridgehead atoms. The van der Waals surface area contributed by atoms with Gasteiger partial charge in [-0.1, -0.05) is 6.07 Å². The summed E-state index contributed by atoms with van der Waals surface area (Å²) in [5, 5.41) is 20.8. The molecule has 0 unspecified atom stereocenters. The van der Waals surface area contributed by atoms with E-state index in [2.05, 4.69) is 4.90 Å². The van der Waals surface area contributed by atoms with Crippen molar-refractivity contribution in [3.05, 3.63) is 58.1 Å². The van der Waals surface area contributed by atoms with Gasteiger partial charge in [0.2, 0.25) is 5.91 Å². The Labute approximate surface area is 155 Å². The number of aromatic hydroxyl groups is 1. The summed E-state index contributed by atoms with van der Waals surface area (Å²) in [5.41, 5.74) is 1.41. The lowest BCUT2D eigenvalue weighted by Crippen LogP contribution is -2.32. The summed E-state index contributed by atoms with van der Waals surface area (Å²) in [7, 11) is 1.48. The van der Waals surface area contributed by atoms with E-state index in [0.29, 0.717) is 11.4 Å². The van der Waals surface area contributed by atoms with Crippen LogP contribution in [0.3, 0.4) is 0 Å². The Balaban J connectivity index is 1.78. The fraction of sp³-hybridized carbons (Fsp3) is 0.316. The average molecular weight is 369 g/mol. The number of non-ortho nitro benzene ring substituents is 1. The van der Waals surface area contributed by atoms with Gasteiger partial charge >= 0.3 is 0 Å². The standard InChI is InChI=1S/C19H19N3O5/c1-27-17-11-12(4-9-16(17)23)18-20-10-2-3-15(20)19(24)21(18)13-5-7-14(8-6-13)22(25)26/h4-9,11,15,18,23H,2-3,10H2,1H3/t15-,18+/m0/s1. The second-order valence-corrected chi connectivity index (χ2v) is 6.68. The quantitative estimate of drug-likeness (QED) is 0.658. The summed E-state index contributed by atoms with van der Waals surface area (Å²) in [6.07, 6.45) is 1.38. The summed E-state index contributed by atoms with van der Waals surface area (Å²) in [6, 6.07) is 10.9. The fourth-order valence-corrected chi connectivity index (χ4v) is 3.98. The van der Waals surface area contributed by atoms with Crippen molar-refractivity contribution < 1.29 is 19.6 Å². The second kappa shape index (κ2) is 6.55. The van der Waals surface area contributed by atoms with E-state index in [1.165, 1.54) is 19.2 Å². The number of hydrogen-bond acceptors (Lipinski definition) is 6. The molecule has 2 aliphatic rings. The van der Waals surface area contributed by atoms with E-state index in [0.717, 1.165) is 24.9 Å². The van der Waals surface area contributed by atoms with Gasteiger partial charge < -0.3 is 9.84 Å². The van der Waals surface area contributed by atoms with Crippen LogP contribution in [0.1, 0.15) is 24.6 Å². The Morgan fingerprint density at radius 2 is 1.96 bits per heavy atom. The predicted octanol–water partition coefficient (Wildman–Crippen LogP) is 2.82. The Hall–Kier alpha value is -3.13. The Bertz CT molecular complexity index is 899. The molecule has 2 heterocycles. The van der Waals surface area contributed by atoms with Gasteiger partial charge in [0, 0.05) is 24.4 Å². The molecule has 1 amide bonds. The number of methoxy groups -OCH3 is 1. The zero-order valence-corrected chi connectivity index (χ0v) is 14.7. The summed E-state index contributed by atoms with van der Waals surface area (Å²) >= 11 is 0. The van der Waals surface area contributed by atoms with Crippen molar-refractivity contribution in [1.29, 1.82) is 0 Å². The molecule has 8 nitrogen and oxygen atoms in total. The minimum absolute atomic E-state index is 0.0154. The number of phenols is 1. The van der Waals surface area contributed by atoms with Crippen molar-refractivity contribution in [3.63, 3.8) is 0 Å². The third-order valence-corrected chi connectivity index (χ3v) is 5.22. The molecule has 0 saturated carbocycles. The minimum Gasteiger partial charge on any atom is -0.504 e. The lowest BCUT2D eigenvalue weighted by Gasteiger charge is -2.30. The van der Waals surface area contributed by atoms with Crippen LogP contribution in [0.15, 0.2) is 42.5 Å². The summed E-state index contributed by atoms with van der Waals surface area (Å²) in [4.78, 5) is 27.4. The lowest BCUT2D eigenvalue weighted by molar-refractivity contribution is -0.384. The van der Waals surface area contributed by atoms with Gasteiger partial charge in [-0.15, -0.1) is 0 Å². The maximum Gasteiger partial charge on any atom is 0.269 e. The van der Waals surface area contributed by atoms with Crippen molar-refractivity contribution in [2.45, 2.75) is 25.0 Å². The third kappa shape index (κ3) is 2.78. The number of nitrogens with zero attached hydrogens (tertiary/aromatic N) is 3. The highest BCUT2D eigenvalue weighted by Crippen LogP contribution is 2.44. The zero-order chi connectivity index (χ0) is 19.1. The number of nitro benzene ring substituents is 1. The second-order valence-electron chi connectivity index (χ2n) is 6.68. The highest BCUT2D eigenvalue weighted by molar-refractivity contribution is 6.00. The topological polar surface area (TPSA) is 96.2 Å². The van der Waals surface area contributed by atoms with Crippen molar-refractivity contribution >= 4 is 17.3 Å². The van der Waals surface area contributed by atoms with Crippen molar-refractivity contribution in [3.8, 4) is 11.5 Å². The van der Waals surface area contributed by atoms with Crippen LogP contribution >= 0.6 is 0 Å². The first-order valence-corrected chi connectivity index (χ1v) is 8.71. The predicted molar refractivity (Wildman–Crippen MR) is 97.7 cm³/mol. The molecule has 2 aromatic rings. The minimum atomic E-state index is -0.462. The largest absolute Gasteiger partial charge is 0.504 e. The molecular formula is C19H19N3O5. The van der Waals surface area contributed by atoms with Crippen LogP contribution in [0.5, 0.6) is 11.5 Å². The van der Waals surface area contributed by atoms with E-state index in [1.807, 2.05) is 0 Å². The molecule has 4 rings (SSSR count). The fourth-order valence-electron chi connectivity index (χ4n) is 3.98. The van der Waals surface area contributed by atoms with Crippen LogP contribution in [0.25, 0.3) is 0 Å². The third-order valence-electron chi connectivity index (χ3n) is 5.22. The molecule has 2 atom stereocenters.